The van der Waals surface area contributed by atoms with Crippen molar-refractivity contribution in [2.45, 2.75) is 32.2 Å². The van der Waals surface area contributed by atoms with Gasteiger partial charge in [0.2, 0.25) is 0 Å². The number of hydrogen-bond acceptors (Lipinski definition) is 6. The van der Waals surface area contributed by atoms with E-state index in [1.807, 2.05) is 53.1 Å². The van der Waals surface area contributed by atoms with Crippen LogP contribution in [-0.2, 0) is 11.3 Å². The van der Waals surface area contributed by atoms with Gasteiger partial charge in [-0.1, -0.05) is 18.2 Å². The first kappa shape index (κ1) is 22.1. The van der Waals surface area contributed by atoms with Gasteiger partial charge in [0, 0.05) is 29.9 Å². The van der Waals surface area contributed by atoms with Crippen molar-refractivity contribution in [3.05, 3.63) is 72.8 Å². The van der Waals surface area contributed by atoms with Crippen LogP contribution in [0.1, 0.15) is 31.2 Å². The van der Waals surface area contributed by atoms with E-state index in [2.05, 4.69) is 9.97 Å². The number of rotatable bonds is 11. The number of pyridine rings is 1. The number of anilines is 1. The van der Waals surface area contributed by atoms with Crippen LogP contribution in [0.3, 0.4) is 0 Å². The Labute approximate surface area is 191 Å². The van der Waals surface area contributed by atoms with E-state index in [-0.39, 0.29) is 6.42 Å². The largest absolute Gasteiger partial charge is 0.493 e. The lowest BCUT2D eigenvalue weighted by Crippen LogP contribution is -2.06. The van der Waals surface area contributed by atoms with E-state index >= 15 is 0 Å². The molecular formula is C25H26N4O4. The minimum Gasteiger partial charge on any atom is -0.493 e. The van der Waals surface area contributed by atoms with Crippen molar-refractivity contribution < 1.29 is 19.1 Å². The molecule has 0 aliphatic rings. The zero-order chi connectivity index (χ0) is 23.0. The van der Waals surface area contributed by atoms with Crippen molar-refractivity contribution in [1.82, 2.24) is 14.5 Å². The highest BCUT2D eigenvalue weighted by Crippen LogP contribution is 2.26. The molecule has 0 atom stereocenters. The Kier molecular flexibility index (Phi) is 7.04. The summed E-state index contributed by atoms with van der Waals surface area (Å²) < 4.78 is 13.4. The number of ether oxygens (including phenoxy) is 1. The second kappa shape index (κ2) is 10.5. The summed E-state index contributed by atoms with van der Waals surface area (Å²) in [5.41, 5.74) is 8.60. The normalized spacial score (nSPS) is 10.9. The van der Waals surface area contributed by atoms with E-state index in [0.717, 1.165) is 35.5 Å². The first-order valence-corrected chi connectivity index (χ1v) is 10.9. The maximum atomic E-state index is 10.6. The first-order valence-electron chi connectivity index (χ1n) is 10.9. The molecule has 0 unspecified atom stereocenters. The van der Waals surface area contributed by atoms with Crippen molar-refractivity contribution in [2.75, 3.05) is 12.3 Å². The molecule has 0 radical (unpaired) electrons. The number of imidazole rings is 1. The van der Waals surface area contributed by atoms with Crippen LogP contribution in [0, 0.1) is 0 Å². The Hall–Kier alpha value is -4.07. The summed E-state index contributed by atoms with van der Waals surface area (Å²) in [6.45, 7) is 1.06. The van der Waals surface area contributed by atoms with Gasteiger partial charge in [0.1, 0.15) is 23.0 Å². The van der Waals surface area contributed by atoms with Gasteiger partial charge in [0.15, 0.2) is 5.82 Å². The first-order chi connectivity index (χ1) is 16.1. The highest BCUT2D eigenvalue weighted by Gasteiger charge is 2.13. The topological polar surface area (TPSA) is 116 Å². The Morgan fingerprint density at radius 3 is 2.73 bits per heavy atom. The number of carboxylic acids is 1. The van der Waals surface area contributed by atoms with E-state index in [0.29, 0.717) is 36.9 Å². The zero-order valence-corrected chi connectivity index (χ0v) is 18.2. The standard InChI is InChI=1S/C25H26N4O4/c26-23-17-29(25(28-23)20-12-11-18(15-27-20)21-9-6-14-33-21)16-19-7-3-4-8-22(19)32-13-5-1-2-10-24(30)31/h3-4,6-9,11-12,14-15,17H,1-2,5,10,13,16,26H2,(H,30,31). The van der Waals surface area contributed by atoms with Gasteiger partial charge in [-0.2, -0.15) is 0 Å². The molecule has 0 bridgehead atoms. The predicted octanol–water partition coefficient (Wildman–Crippen LogP) is 4.86. The summed E-state index contributed by atoms with van der Waals surface area (Å²) in [5.74, 6) is 1.86. The fraction of sp³-hybridized carbons (Fsp3) is 0.240. The fourth-order valence-corrected chi connectivity index (χ4v) is 3.57. The number of carboxylic acid groups (broad SMARTS) is 1. The lowest BCUT2D eigenvalue weighted by atomic mass is 10.2. The molecule has 33 heavy (non-hydrogen) atoms. The summed E-state index contributed by atoms with van der Waals surface area (Å²) in [6.07, 6.45) is 7.64. The monoisotopic (exact) mass is 446 g/mol. The molecule has 3 aromatic heterocycles. The van der Waals surface area contributed by atoms with E-state index in [9.17, 15) is 4.79 Å². The quantitative estimate of drug-likeness (QED) is 0.316. The maximum absolute atomic E-state index is 10.6. The number of aromatic nitrogens is 3. The molecule has 0 aliphatic heterocycles. The molecule has 4 aromatic rings. The van der Waals surface area contributed by atoms with Crippen LogP contribution >= 0.6 is 0 Å². The Balaban J connectivity index is 1.45. The van der Waals surface area contributed by atoms with Crippen molar-refractivity contribution in [3.8, 4) is 28.6 Å². The highest BCUT2D eigenvalue weighted by molar-refractivity contribution is 5.66. The number of nitrogens with zero attached hydrogens (tertiary/aromatic N) is 3. The number of furan rings is 1. The summed E-state index contributed by atoms with van der Waals surface area (Å²) in [6, 6.07) is 15.4. The third-order valence-electron chi connectivity index (χ3n) is 5.20. The van der Waals surface area contributed by atoms with Crippen LogP contribution in [0.25, 0.3) is 22.8 Å². The Morgan fingerprint density at radius 2 is 1.97 bits per heavy atom. The number of aliphatic carboxylic acids is 1. The minimum atomic E-state index is -0.762. The molecule has 3 heterocycles. The molecule has 8 heteroatoms. The lowest BCUT2D eigenvalue weighted by molar-refractivity contribution is -0.137. The highest BCUT2D eigenvalue weighted by atomic mass is 16.5. The third-order valence-corrected chi connectivity index (χ3v) is 5.20. The zero-order valence-electron chi connectivity index (χ0n) is 18.2. The van der Waals surface area contributed by atoms with Gasteiger partial charge in [0.05, 0.1) is 19.4 Å². The molecular weight excluding hydrogens is 420 g/mol. The molecule has 0 spiro atoms. The van der Waals surface area contributed by atoms with Crippen LogP contribution < -0.4 is 10.5 Å². The second-order valence-corrected chi connectivity index (χ2v) is 7.69. The maximum Gasteiger partial charge on any atom is 0.303 e. The van der Waals surface area contributed by atoms with Gasteiger partial charge in [-0.05, 0) is 49.6 Å². The smallest absolute Gasteiger partial charge is 0.303 e. The summed E-state index contributed by atoms with van der Waals surface area (Å²) in [5, 5.41) is 8.73. The fourth-order valence-electron chi connectivity index (χ4n) is 3.57. The molecule has 0 aliphatic carbocycles. The van der Waals surface area contributed by atoms with E-state index < -0.39 is 5.97 Å². The Morgan fingerprint density at radius 1 is 1.09 bits per heavy atom. The lowest BCUT2D eigenvalue weighted by Gasteiger charge is -2.13. The molecule has 0 amide bonds. The summed E-state index contributed by atoms with van der Waals surface area (Å²) in [7, 11) is 0. The number of hydrogen-bond donors (Lipinski definition) is 2. The van der Waals surface area contributed by atoms with Gasteiger partial charge in [-0.25, -0.2) is 4.98 Å². The van der Waals surface area contributed by atoms with Crippen LogP contribution in [0.4, 0.5) is 5.82 Å². The summed E-state index contributed by atoms with van der Waals surface area (Å²) >= 11 is 0. The molecule has 4 rings (SSSR count). The van der Waals surface area contributed by atoms with Gasteiger partial charge in [-0.3, -0.25) is 9.78 Å². The van der Waals surface area contributed by atoms with Gasteiger partial charge >= 0.3 is 5.97 Å². The van der Waals surface area contributed by atoms with E-state index in [1.54, 1.807) is 18.7 Å². The molecule has 0 saturated heterocycles. The van der Waals surface area contributed by atoms with Gasteiger partial charge < -0.3 is 24.6 Å². The SMILES string of the molecule is Nc1cn(Cc2ccccc2OCCCCCC(=O)O)c(-c2ccc(-c3ccco3)cn2)n1. The summed E-state index contributed by atoms with van der Waals surface area (Å²) in [4.78, 5) is 19.7. The average molecular weight is 447 g/mol. The third kappa shape index (κ3) is 5.79. The van der Waals surface area contributed by atoms with Crippen LogP contribution in [-0.4, -0.2) is 32.2 Å². The number of unbranched alkanes of at least 4 members (excludes halogenated alkanes) is 2. The molecule has 170 valence electrons. The second-order valence-electron chi connectivity index (χ2n) is 7.69. The number of para-hydroxylation sites is 1. The number of benzene rings is 1. The predicted molar refractivity (Wildman–Crippen MR) is 125 cm³/mol. The number of carbonyl (C=O) groups is 1. The van der Waals surface area contributed by atoms with E-state index in [1.165, 1.54) is 0 Å². The Bertz CT molecular complexity index is 1180. The van der Waals surface area contributed by atoms with Gasteiger partial charge in [0.25, 0.3) is 0 Å². The van der Waals surface area contributed by atoms with Crippen LogP contribution in [0.15, 0.2) is 71.6 Å². The number of nitrogen functional groups attached to an aromatic ring is 1. The molecule has 8 nitrogen and oxygen atoms in total. The van der Waals surface area contributed by atoms with Crippen LogP contribution in [0.5, 0.6) is 5.75 Å². The average Bonchev–Trinajstić information content (AvgIpc) is 3.47. The van der Waals surface area contributed by atoms with Crippen molar-refractivity contribution >= 4 is 11.8 Å². The van der Waals surface area contributed by atoms with Crippen molar-refractivity contribution in [2.24, 2.45) is 0 Å². The molecule has 0 saturated carbocycles. The van der Waals surface area contributed by atoms with Crippen molar-refractivity contribution in [1.29, 1.82) is 0 Å². The molecule has 3 N–H and O–H groups in total. The van der Waals surface area contributed by atoms with E-state index in [4.69, 9.17) is 20.0 Å². The minimum absolute atomic E-state index is 0.192. The number of nitrogens with two attached hydrogens (primary N) is 1. The molecule has 0 fully saturated rings. The van der Waals surface area contributed by atoms with Gasteiger partial charge in [-0.15, -0.1) is 0 Å². The molecule has 1 aromatic carbocycles. The van der Waals surface area contributed by atoms with Crippen molar-refractivity contribution in [3.63, 3.8) is 0 Å². The van der Waals surface area contributed by atoms with Crippen LogP contribution in [0.2, 0.25) is 0 Å².